The zero-order valence-electron chi connectivity index (χ0n) is 12.3. The molecule has 0 spiro atoms. The van der Waals surface area contributed by atoms with Crippen molar-refractivity contribution in [3.05, 3.63) is 29.8 Å². The molecule has 0 amide bonds. The van der Waals surface area contributed by atoms with Crippen LogP contribution in [0.5, 0.6) is 5.75 Å². The molecule has 1 aliphatic rings. The van der Waals surface area contributed by atoms with Crippen molar-refractivity contribution in [1.29, 1.82) is 0 Å². The molecule has 0 saturated carbocycles. The summed E-state index contributed by atoms with van der Waals surface area (Å²) in [7, 11) is 3.11. The molecule has 1 aromatic rings. The van der Waals surface area contributed by atoms with Crippen LogP contribution in [0.25, 0.3) is 0 Å². The number of carbonyl (C=O) groups excluding carboxylic acids is 1. The summed E-state index contributed by atoms with van der Waals surface area (Å²) in [6.07, 6.45) is 4.09. The van der Waals surface area contributed by atoms with Crippen LogP contribution in [0, 0.1) is 0 Å². The number of ether oxygens (including phenoxy) is 2. The molecule has 1 fully saturated rings. The third-order valence-electron chi connectivity index (χ3n) is 3.92. The van der Waals surface area contributed by atoms with E-state index in [1.807, 2.05) is 24.3 Å². The average molecular weight is 277 g/mol. The fourth-order valence-corrected chi connectivity index (χ4v) is 2.76. The Balaban J connectivity index is 2.16. The summed E-state index contributed by atoms with van der Waals surface area (Å²) in [5.41, 5.74) is 1.15. The molecule has 1 aromatic carbocycles. The van der Waals surface area contributed by atoms with Gasteiger partial charge in [0, 0.05) is 6.04 Å². The third kappa shape index (κ3) is 3.73. The molecule has 1 aliphatic heterocycles. The van der Waals surface area contributed by atoms with Gasteiger partial charge in [0.2, 0.25) is 0 Å². The maximum Gasteiger partial charge on any atom is 0.307 e. The molecular formula is C16H23NO3. The lowest BCUT2D eigenvalue weighted by molar-refractivity contribution is -0.142. The minimum Gasteiger partial charge on any atom is -0.497 e. The number of hydrogen-bond acceptors (Lipinski definition) is 4. The van der Waals surface area contributed by atoms with E-state index in [4.69, 9.17) is 9.47 Å². The number of hydrogen-bond donors (Lipinski definition) is 0. The molecule has 110 valence electrons. The average Bonchev–Trinajstić information content (AvgIpc) is 2.53. The number of rotatable bonds is 5. The highest BCUT2D eigenvalue weighted by Gasteiger charge is 2.25. The van der Waals surface area contributed by atoms with E-state index in [2.05, 4.69) is 4.90 Å². The van der Waals surface area contributed by atoms with Gasteiger partial charge in [0.15, 0.2) is 0 Å². The first kappa shape index (κ1) is 14.9. The van der Waals surface area contributed by atoms with Crippen LogP contribution in [0.3, 0.4) is 0 Å². The largest absolute Gasteiger partial charge is 0.497 e. The molecular weight excluding hydrogens is 254 g/mol. The quantitative estimate of drug-likeness (QED) is 0.776. The van der Waals surface area contributed by atoms with Gasteiger partial charge in [0.05, 0.1) is 20.6 Å². The Hall–Kier alpha value is -1.55. The highest BCUT2D eigenvalue weighted by Crippen LogP contribution is 2.29. The molecule has 0 aromatic heterocycles. The SMILES string of the molecule is COC(=O)CC(c1ccc(OC)cc1)N1CCCCC1. The van der Waals surface area contributed by atoms with Gasteiger partial charge in [-0.05, 0) is 43.6 Å². The van der Waals surface area contributed by atoms with Crippen LogP contribution in [-0.2, 0) is 9.53 Å². The van der Waals surface area contributed by atoms with E-state index in [9.17, 15) is 4.79 Å². The van der Waals surface area contributed by atoms with Crippen LogP contribution in [0.4, 0.5) is 0 Å². The topological polar surface area (TPSA) is 38.8 Å². The summed E-state index contributed by atoms with van der Waals surface area (Å²) < 4.78 is 10.0. The van der Waals surface area contributed by atoms with Crippen molar-refractivity contribution in [2.45, 2.75) is 31.7 Å². The van der Waals surface area contributed by atoms with E-state index < -0.39 is 0 Å². The van der Waals surface area contributed by atoms with Gasteiger partial charge in [-0.3, -0.25) is 9.69 Å². The van der Waals surface area contributed by atoms with Crippen LogP contribution in [0.2, 0.25) is 0 Å². The molecule has 0 bridgehead atoms. The van der Waals surface area contributed by atoms with E-state index in [0.29, 0.717) is 6.42 Å². The number of benzene rings is 1. The van der Waals surface area contributed by atoms with Crippen LogP contribution in [-0.4, -0.2) is 38.2 Å². The first-order valence-corrected chi connectivity index (χ1v) is 7.19. The summed E-state index contributed by atoms with van der Waals surface area (Å²) in [6.45, 7) is 2.10. The van der Waals surface area contributed by atoms with Gasteiger partial charge in [-0.1, -0.05) is 18.6 Å². The smallest absolute Gasteiger partial charge is 0.307 e. The van der Waals surface area contributed by atoms with Gasteiger partial charge in [-0.25, -0.2) is 0 Å². The number of likely N-dealkylation sites (tertiary alicyclic amines) is 1. The summed E-state index contributed by atoms with van der Waals surface area (Å²) in [5, 5.41) is 0. The number of carbonyl (C=O) groups is 1. The van der Waals surface area contributed by atoms with Crippen molar-refractivity contribution in [3.63, 3.8) is 0 Å². The Kier molecular flexibility index (Phi) is 5.41. The molecule has 1 unspecified atom stereocenters. The molecule has 1 heterocycles. The minimum absolute atomic E-state index is 0.105. The molecule has 1 atom stereocenters. The van der Waals surface area contributed by atoms with Crippen molar-refractivity contribution >= 4 is 5.97 Å². The fourth-order valence-electron chi connectivity index (χ4n) is 2.76. The zero-order valence-corrected chi connectivity index (χ0v) is 12.3. The number of esters is 1. The third-order valence-corrected chi connectivity index (χ3v) is 3.92. The van der Waals surface area contributed by atoms with Gasteiger partial charge in [0.1, 0.15) is 5.75 Å². The summed E-state index contributed by atoms with van der Waals surface area (Å²) in [5.74, 6) is 0.681. The second kappa shape index (κ2) is 7.29. The van der Waals surface area contributed by atoms with E-state index in [1.165, 1.54) is 26.4 Å². The normalized spacial score (nSPS) is 17.5. The second-order valence-corrected chi connectivity index (χ2v) is 5.17. The van der Waals surface area contributed by atoms with Crippen LogP contribution in [0.15, 0.2) is 24.3 Å². The summed E-state index contributed by atoms with van der Waals surface area (Å²) in [6, 6.07) is 8.09. The molecule has 1 saturated heterocycles. The minimum atomic E-state index is -0.156. The predicted molar refractivity (Wildman–Crippen MR) is 77.8 cm³/mol. The molecule has 0 aliphatic carbocycles. The fraction of sp³-hybridized carbons (Fsp3) is 0.562. The molecule has 0 N–H and O–H groups in total. The maximum atomic E-state index is 11.7. The van der Waals surface area contributed by atoms with Crippen molar-refractivity contribution < 1.29 is 14.3 Å². The Labute approximate surface area is 120 Å². The Bertz CT molecular complexity index is 424. The van der Waals surface area contributed by atoms with Gasteiger partial charge in [0.25, 0.3) is 0 Å². The van der Waals surface area contributed by atoms with E-state index in [1.54, 1.807) is 7.11 Å². The zero-order chi connectivity index (χ0) is 14.4. The van der Waals surface area contributed by atoms with Gasteiger partial charge >= 0.3 is 5.97 Å². The van der Waals surface area contributed by atoms with Crippen molar-refractivity contribution in [3.8, 4) is 5.75 Å². The maximum absolute atomic E-state index is 11.7. The molecule has 0 radical (unpaired) electrons. The van der Waals surface area contributed by atoms with Crippen LogP contribution in [0.1, 0.15) is 37.3 Å². The van der Waals surface area contributed by atoms with Gasteiger partial charge < -0.3 is 9.47 Å². The lowest BCUT2D eigenvalue weighted by Gasteiger charge is -2.34. The van der Waals surface area contributed by atoms with Crippen LogP contribution >= 0.6 is 0 Å². The highest BCUT2D eigenvalue weighted by atomic mass is 16.5. The second-order valence-electron chi connectivity index (χ2n) is 5.17. The van der Waals surface area contributed by atoms with Crippen molar-refractivity contribution in [2.75, 3.05) is 27.3 Å². The van der Waals surface area contributed by atoms with E-state index in [-0.39, 0.29) is 12.0 Å². The van der Waals surface area contributed by atoms with Gasteiger partial charge in [-0.15, -0.1) is 0 Å². The first-order chi connectivity index (χ1) is 9.74. The summed E-state index contributed by atoms with van der Waals surface area (Å²) >= 11 is 0. The van der Waals surface area contributed by atoms with E-state index >= 15 is 0 Å². The monoisotopic (exact) mass is 277 g/mol. The Morgan fingerprint density at radius 2 is 1.80 bits per heavy atom. The number of nitrogens with zero attached hydrogens (tertiary/aromatic N) is 1. The Morgan fingerprint density at radius 1 is 1.15 bits per heavy atom. The number of piperidine rings is 1. The molecule has 2 rings (SSSR count). The van der Waals surface area contributed by atoms with Gasteiger partial charge in [-0.2, -0.15) is 0 Å². The number of methoxy groups -OCH3 is 2. The first-order valence-electron chi connectivity index (χ1n) is 7.19. The molecule has 20 heavy (non-hydrogen) atoms. The molecule has 4 heteroatoms. The Morgan fingerprint density at radius 3 is 2.35 bits per heavy atom. The predicted octanol–water partition coefficient (Wildman–Crippen LogP) is 2.79. The van der Waals surface area contributed by atoms with Crippen molar-refractivity contribution in [1.82, 2.24) is 4.90 Å². The lowest BCUT2D eigenvalue weighted by Crippen LogP contribution is -2.35. The summed E-state index contributed by atoms with van der Waals surface area (Å²) in [4.78, 5) is 14.1. The van der Waals surface area contributed by atoms with Crippen LogP contribution < -0.4 is 4.74 Å². The molecule has 4 nitrogen and oxygen atoms in total. The van der Waals surface area contributed by atoms with E-state index in [0.717, 1.165) is 24.4 Å². The lowest BCUT2D eigenvalue weighted by atomic mass is 9.99. The standard InChI is InChI=1S/C16H23NO3/c1-19-14-8-6-13(7-9-14)15(12-16(18)20-2)17-10-4-3-5-11-17/h6-9,15H,3-5,10-12H2,1-2H3. The van der Waals surface area contributed by atoms with Crippen molar-refractivity contribution in [2.24, 2.45) is 0 Å². The highest BCUT2D eigenvalue weighted by molar-refractivity contribution is 5.70.